The van der Waals surface area contributed by atoms with E-state index >= 15 is 0 Å². The smallest absolute Gasteiger partial charge is 0.411 e. The molecule has 0 saturated heterocycles. The number of para-hydroxylation sites is 1. The summed E-state index contributed by atoms with van der Waals surface area (Å²) in [5.74, 6) is -2.36. The third-order valence-corrected chi connectivity index (χ3v) is 10.5. The van der Waals surface area contributed by atoms with Crippen LogP contribution < -0.4 is 16.0 Å². The molecule has 0 spiro atoms. The van der Waals surface area contributed by atoms with Crippen LogP contribution in [0.4, 0.5) is 31.4 Å². The zero-order chi connectivity index (χ0) is 69.7. The summed E-state index contributed by atoms with van der Waals surface area (Å²) in [6, 6.07) is 29.4. The number of aliphatic hydroxyl groups excluding tert-OH is 1. The van der Waals surface area contributed by atoms with Gasteiger partial charge in [0.2, 0.25) is 0 Å². The van der Waals surface area contributed by atoms with Crippen LogP contribution in [0.3, 0.4) is 0 Å². The number of alkyl carbamates (subject to hydrolysis) is 2. The molecule has 2 unspecified atom stereocenters. The minimum absolute atomic E-state index is 0. The average molecular weight is 1290 g/mol. The van der Waals surface area contributed by atoms with Crippen molar-refractivity contribution in [2.45, 2.75) is 115 Å². The number of aryl methyl sites for hydroxylation is 4. The second-order valence-corrected chi connectivity index (χ2v) is 18.6. The molecule has 508 valence electrons. The van der Waals surface area contributed by atoms with Crippen LogP contribution in [-0.4, -0.2) is 138 Å². The van der Waals surface area contributed by atoms with Crippen molar-refractivity contribution < 1.29 is 90.9 Å². The lowest BCUT2D eigenvalue weighted by atomic mass is 10.1. The molecule has 26 nitrogen and oxygen atoms in total. The summed E-state index contributed by atoms with van der Waals surface area (Å²) in [6.45, 7) is 29.3. The molecule has 0 bridgehead atoms. The Bertz CT molecular complexity index is 2750. The minimum Gasteiger partial charge on any atom is -0.462 e. The van der Waals surface area contributed by atoms with Gasteiger partial charge in [0.15, 0.2) is 0 Å². The fourth-order valence-electron chi connectivity index (χ4n) is 5.49. The van der Waals surface area contributed by atoms with E-state index in [2.05, 4.69) is 60.3 Å². The molecule has 0 aliphatic heterocycles. The summed E-state index contributed by atoms with van der Waals surface area (Å²) in [6.07, 6.45) is -1.57. The van der Waals surface area contributed by atoms with Gasteiger partial charge in [0.05, 0.1) is 13.0 Å². The maximum atomic E-state index is 11.6. The van der Waals surface area contributed by atoms with Gasteiger partial charge >= 0.3 is 54.1 Å². The topological polar surface area (TPSA) is 352 Å². The van der Waals surface area contributed by atoms with E-state index < -0.39 is 48.4 Å². The molecule has 26 heteroatoms. The number of nitrogens with one attached hydrogen (secondary N) is 3. The van der Waals surface area contributed by atoms with E-state index in [9.17, 15) is 53.0 Å². The lowest BCUT2D eigenvalue weighted by Gasteiger charge is -2.12. The molecule has 0 heterocycles. The molecule has 4 rings (SSSR count). The Morgan fingerprint density at radius 3 is 1.15 bits per heavy atom. The Hall–Kier alpha value is -10.1. The SMILES string of the molecule is C.C=C(C)C(=O)OCCO.C=C(C)C(=O)OCCOC(=O)Cc1ccccc1C.C=C(C)C(=O)OCCOC(=O)Nc1ccccc1C.CCC(=O)OC(C)COC(=O)NC.CCC(=O)OC(C)COC(=O)NC.Cc1ccccc1N=O.Cc1ccccc1N=O. The third kappa shape index (κ3) is 47.9. The van der Waals surface area contributed by atoms with E-state index in [-0.39, 0.29) is 84.6 Å². The van der Waals surface area contributed by atoms with Crippen molar-refractivity contribution in [1.29, 1.82) is 0 Å². The Labute approximate surface area is 539 Å². The summed E-state index contributed by atoms with van der Waals surface area (Å²) in [5, 5.41) is 21.0. The summed E-state index contributed by atoms with van der Waals surface area (Å²) in [4.78, 5) is 118. The molecule has 2 atom stereocenters. The van der Waals surface area contributed by atoms with Crippen molar-refractivity contribution in [3.63, 3.8) is 0 Å². The van der Waals surface area contributed by atoms with Crippen LogP contribution in [0.5, 0.6) is 0 Å². The summed E-state index contributed by atoms with van der Waals surface area (Å²) in [5.41, 5.74) is 7.49. The van der Waals surface area contributed by atoms with E-state index in [1.165, 1.54) is 14.1 Å². The first-order valence-electron chi connectivity index (χ1n) is 28.2. The van der Waals surface area contributed by atoms with Crippen molar-refractivity contribution in [2.24, 2.45) is 10.4 Å². The molecular formula is C66H93N5O21. The molecule has 0 aromatic heterocycles. The number of rotatable bonds is 24. The number of carbonyl (C=O) groups is 9. The minimum atomic E-state index is -0.583. The van der Waals surface area contributed by atoms with Crippen molar-refractivity contribution in [1.82, 2.24) is 10.6 Å². The number of hydrogen-bond donors (Lipinski definition) is 4. The number of aliphatic hydroxyl groups is 1. The quantitative estimate of drug-likeness (QED) is 0.0166. The van der Waals surface area contributed by atoms with E-state index in [1.54, 1.807) is 78.8 Å². The highest BCUT2D eigenvalue weighted by Gasteiger charge is 2.12. The highest BCUT2D eigenvalue weighted by atomic mass is 16.6. The lowest BCUT2D eigenvalue weighted by Crippen LogP contribution is -2.26. The summed E-state index contributed by atoms with van der Waals surface area (Å²) in [7, 11) is 2.93. The second-order valence-electron chi connectivity index (χ2n) is 18.6. The van der Waals surface area contributed by atoms with Crippen LogP contribution in [0.1, 0.15) is 96.6 Å². The van der Waals surface area contributed by atoms with Crippen LogP contribution >= 0.6 is 0 Å². The van der Waals surface area contributed by atoms with Gasteiger partial charge in [-0.15, -0.1) is 9.81 Å². The Kier molecular flexibility index (Phi) is 52.8. The second kappa shape index (κ2) is 55.0. The number of esters is 6. The fraction of sp³-hybridized carbons (Fsp3) is 0.409. The normalized spacial score (nSPS) is 9.89. The maximum absolute atomic E-state index is 11.6. The van der Waals surface area contributed by atoms with Crippen molar-refractivity contribution in [2.75, 3.05) is 72.3 Å². The number of amides is 3. The van der Waals surface area contributed by atoms with Gasteiger partial charge in [0, 0.05) is 49.3 Å². The summed E-state index contributed by atoms with van der Waals surface area (Å²) < 4.78 is 43.0. The average Bonchev–Trinajstić information content (AvgIpc) is 1.56. The van der Waals surface area contributed by atoms with Crippen LogP contribution in [-0.2, 0) is 77.8 Å². The number of nitroso groups, excluding NO2 is 2. The molecule has 0 saturated carbocycles. The molecule has 4 aromatic carbocycles. The van der Waals surface area contributed by atoms with Gasteiger partial charge in [0.1, 0.15) is 69.8 Å². The summed E-state index contributed by atoms with van der Waals surface area (Å²) >= 11 is 0. The van der Waals surface area contributed by atoms with E-state index in [1.807, 2.05) is 94.4 Å². The molecule has 0 radical (unpaired) electrons. The van der Waals surface area contributed by atoms with Crippen molar-refractivity contribution in [3.05, 3.63) is 171 Å². The number of carbonyl (C=O) groups excluding carboxylic acids is 9. The Morgan fingerprint density at radius 1 is 0.467 bits per heavy atom. The third-order valence-electron chi connectivity index (χ3n) is 10.5. The van der Waals surface area contributed by atoms with E-state index in [0.717, 1.165) is 27.8 Å². The Morgan fingerprint density at radius 2 is 0.815 bits per heavy atom. The van der Waals surface area contributed by atoms with Crippen LogP contribution in [0.15, 0.2) is 144 Å². The number of ether oxygens (including phenoxy) is 9. The molecule has 92 heavy (non-hydrogen) atoms. The molecule has 0 aliphatic carbocycles. The van der Waals surface area contributed by atoms with E-state index in [4.69, 9.17) is 33.5 Å². The molecule has 0 aliphatic rings. The van der Waals surface area contributed by atoms with Gasteiger partial charge in [-0.05, 0) is 119 Å². The Balaban J connectivity index is -0.000000501. The standard InChI is InChI=1S/C15H18O4.C14H17NO4.2C8H15NO4.2C7H7NO.C6H10O3.CH4/c1-11(2)15(17)19-9-8-18-14(16)10-13-7-5-4-6-12(13)3;1-10(2)13(16)18-8-9-19-14(17)15-12-7-5-4-6-11(12)3;2*1-4-7(10)13-6(2)5-12-8(11)9-3;2*1-6-4-2-3-5-7(6)8-9;1-5(2)6(8)9-4-3-7;/h4-7H,1,8-10H2,2-3H3;4-7H,1,8-9H2,2-3H3,(H,15,17);2*6H,4-5H2,1-3H3,(H,9,11);2*2-5H,1H3;7H,1,3-4H2,2H3;1H4. The molecule has 0 fully saturated rings. The van der Waals surface area contributed by atoms with Crippen LogP contribution in [0.2, 0.25) is 0 Å². The van der Waals surface area contributed by atoms with Crippen LogP contribution in [0, 0.1) is 37.5 Å². The van der Waals surface area contributed by atoms with Crippen molar-refractivity contribution in [3.8, 4) is 0 Å². The van der Waals surface area contributed by atoms with Gasteiger partial charge < -0.3 is 58.4 Å². The highest BCUT2D eigenvalue weighted by molar-refractivity contribution is 5.88. The lowest BCUT2D eigenvalue weighted by molar-refractivity contribution is -0.150. The zero-order valence-corrected chi connectivity index (χ0v) is 54.3. The predicted molar refractivity (Wildman–Crippen MR) is 349 cm³/mol. The molecular weight excluding hydrogens is 1200 g/mol. The fourth-order valence-corrected chi connectivity index (χ4v) is 5.49. The van der Waals surface area contributed by atoms with Crippen LogP contribution in [0.25, 0.3) is 0 Å². The number of benzene rings is 4. The molecule has 4 N–H and O–H groups in total. The predicted octanol–water partition coefficient (Wildman–Crippen LogP) is 11.8. The number of nitrogens with zero attached hydrogens (tertiary/aromatic N) is 2. The highest BCUT2D eigenvalue weighted by Crippen LogP contribution is 2.17. The monoisotopic (exact) mass is 1290 g/mol. The number of hydrogen-bond acceptors (Lipinski definition) is 23. The van der Waals surface area contributed by atoms with Gasteiger partial charge in [0.25, 0.3) is 0 Å². The van der Waals surface area contributed by atoms with E-state index in [0.29, 0.717) is 46.6 Å². The first-order chi connectivity index (χ1) is 43.1. The van der Waals surface area contributed by atoms with Gasteiger partial charge in [-0.1, -0.05) is 120 Å². The first-order valence-corrected chi connectivity index (χ1v) is 28.2. The number of anilines is 1. The largest absolute Gasteiger partial charge is 0.462 e. The van der Waals surface area contributed by atoms with Gasteiger partial charge in [-0.25, -0.2) is 28.8 Å². The first kappa shape index (κ1) is 88.3. The van der Waals surface area contributed by atoms with Gasteiger partial charge in [-0.2, -0.15) is 0 Å². The molecule has 3 amide bonds. The van der Waals surface area contributed by atoms with Gasteiger partial charge in [-0.3, -0.25) is 19.7 Å². The van der Waals surface area contributed by atoms with Crippen molar-refractivity contribution >= 4 is 71.2 Å². The maximum Gasteiger partial charge on any atom is 0.411 e. The zero-order valence-electron chi connectivity index (χ0n) is 54.3. The molecule has 4 aromatic rings.